The third kappa shape index (κ3) is 2.36. The molecular weight excluding hydrogens is 170 g/mol. The van der Waals surface area contributed by atoms with E-state index < -0.39 is 0 Å². The van der Waals surface area contributed by atoms with E-state index in [9.17, 15) is 0 Å². The molecule has 2 rings (SSSR count). The predicted molar refractivity (Wildman–Crippen MR) is 59.3 cm³/mol. The quantitative estimate of drug-likeness (QED) is 0.704. The predicted octanol–water partition coefficient (Wildman–Crippen LogP) is 2.51. The Bertz CT molecular complexity index is 268. The van der Waals surface area contributed by atoms with Gasteiger partial charge in [0.2, 0.25) is 0 Å². The van der Waals surface area contributed by atoms with Gasteiger partial charge in [0.25, 0.3) is 0 Å². The van der Waals surface area contributed by atoms with Crippen LogP contribution in [0.5, 0.6) is 0 Å². The molecule has 1 aromatic carbocycles. The van der Waals surface area contributed by atoms with Crippen molar-refractivity contribution < 1.29 is 0 Å². The first-order chi connectivity index (χ1) is 6.86. The normalized spacial score (nSPS) is 22.8. The molecule has 0 saturated carbocycles. The molecule has 0 bridgehead atoms. The number of hydrogen-bond donors (Lipinski definition) is 0. The van der Waals surface area contributed by atoms with Gasteiger partial charge in [0, 0.05) is 12.6 Å². The molecule has 75 valence electrons. The van der Waals surface area contributed by atoms with Gasteiger partial charge < -0.3 is 4.90 Å². The van der Waals surface area contributed by atoms with Gasteiger partial charge in [-0.3, -0.25) is 0 Å². The topological polar surface area (TPSA) is 3.24 Å². The summed E-state index contributed by atoms with van der Waals surface area (Å²) in [6, 6.07) is 12.2. The second-order valence-corrected chi connectivity index (χ2v) is 4.19. The molecule has 1 heteroatoms. The lowest BCUT2D eigenvalue weighted by Crippen LogP contribution is -2.28. The van der Waals surface area contributed by atoms with Crippen molar-refractivity contribution in [2.24, 2.45) is 0 Å². The average molecular weight is 188 g/mol. The lowest BCUT2D eigenvalue weighted by atomic mass is 10.1. The molecule has 1 saturated heterocycles. The van der Waals surface area contributed by atoms with Gasteiger partial charge in [-0.2, -0.15) is 0 Å². The first kappa shape index (κ1) is 9.72. The highest BCUT2D eigenvalue weighted by molar-refractivity contribution is 5.14. The fourth-order valence-corrected chi connectivity index (χ4v) is 2.19. The Kier molecular flexibility index (Phi) is 3.20. The Morgan fingerprint density at radius 2 is 2.21 bits per heavy atom. The van der Waals surface area contributed by atoms with Crippen molar-refractivity contribution in [1.29, 1.82) is 0 Å². The van der Waals surface area contributed by atoms with Crippen molar-refractivity contribution in [2.45, 2.75) is 32.2 Å². The smallest absolute Gasteiger partial charge is 0.00675 e. The van der Waals surface area contributed by atoms with E-state index in [1.165, 1.54) is 37.9 Å². The second kappa shape index (κ2) is 4.61. The van der Waals surface area contributed by atoms with Gasteiger partial charge in [-0.05, 0) is 44.4 Å². The zero-order valence-corrected chi connectivity index (χ0v) is 8.87. The van der Waals surface area contributed by atoms with Crippen LogP contribution >= 0.6 is 0 Å². The molecule has 1 heterocycles. The molecule has 1 aliphatic rings. The number of benzene rings is 1. The lowest BCUT2D eigenvalue weighted by Gasteiger charge is -2.20. The van der Waals surface area contributed by atoms with Crippen LogP contribution in [0.3, 0.4) is 0 Å². The minimum absolute atomic E-state index is 0.797. The Labute approximate surface area is 86.7 Å². The molecule has 1 fully saturated rings. The molecule has 1 nitrogen and oxygen atoms in total. The van der Waals surface area contributed by atoms with Gasteiger partial charge in [-0.15, -0.1) is 0 Å². The lowest BCUT2D eigenvalue weighted by molar-refractivity contribution is 0.272. The number of rotatable bonds is 3. The zero-order chi connectivity index (χ0) is 9.80. The van der Waals surface area contributed by atoms with Crippen molar-refractivity contribution in [3.63, 3.8) is 0 Å². The number of likely N-dealkylation sites (tertiary alicyclic amines) is 1. The second-order valence-electron chi connectivity index (χ2n) is 4.19. The molecule has 1 atom stereocenters. The summed E-state index contributed by atoms with van der Waals surface area (Å²) in [6.07, 6.45) is 3.94. The average Bonchev–Trinajstić information content (AvgIpc) is 2.63. The Morgan fingerprint density at radius 1 is 1.43 bits per heavy atom. The molecule has 1 aromatic rings. The largest absolute Gasteiger partial charge is 0.300 e. The highest BCUT2D eigenvalue weighted by atomic mass is 15.2. The molecule has 0 unspecified atom stereocenters. The third-order valence-corrected chi connectivity index (χ3v) is 3.17. The SMILES string of the molecule is C[C@@H]1CCCN1CCc1cc[c]cc1. The summed E-state index contributed by atoms with van der Waals surface area (Å²) in [6.45, 7) is 4.84. The van der Waals surface area contributed by atoms with Crippen LogP contribution in [-0.2, 0) is 6.42 Å². The van der Waals surface area contributed by atoms with E-state index in [4.69, 9.17) is 0 Å². The summed E-state index contributed by atoms with van der Waals surface area (Å²) in [5.41, 5.74) is 1.43. The summed E-state index contributed by atoms with van der Waals surface area (Å²) >= 11 is 0. The molecule has 0 N–H and O–H groups in total. The molecule has 0 amide bonds. The van der Waals surface area contributed by atoms with Crippen LogP contribution in [0.4, 0.5) is 0 Å². The van der Waals surface area contributed by atoms with E-state index in [2.05, 4.69) is 30.0 Å². The maximum absolute atomic E-state index is 3.06. The Balaban J connectivity index is 1.82. The van der Waals surface area contributed by atoms with Gasteiger partial charge in [-0.25, -0.2) is 0 Å². The molecule has 1 radical (unpaired) electrons. The van der Waals surface area contributed by atoms with E-state index >= 15 is 0 Å². The van der Waals surface area contributed by atoms with Crippen LogP contribution in [0.15, 0.2) is 24.3 Å². The molecule has 0 aliphatic carbocycles. The van der Waals surface area contributed by atoms with Crippen molar-refractivity contribution in [3.05, 3.63) is 35.9 Å². The minimum Gasteiger partial charge on any atom is -0.300 e. The summed E-state index contributed by atoms with van der Waals surface area (Å²) < 4.78 is 0. The van der Waals surface area contributed by atoms with Crippen LogP contribution in [0, 0.1) is 6.07 Å². The van der Waals surface area contributed by atoms with Crippen molar-refractivity contribution in [3.8, 4) is 0 Å². The summed E-state index contributed by atoms with van der Waals surface area (Å²) in [5.74, 6) is 0. The van der Waals surface area contributed by atoms with Crippen LogP contribution < -0.4 is 0 Å². The highest BCUT2D eigenvalue weighted by Crippen LogP contribution is 2.16. The molecule has 14 heavy (non-hydrogen) atoms. The maximum atomic E-state index is 3.06. The molecular formula is C13H18N. The van der Waals surface area contributed by atoms with E-state index in [1.807, 2.05) is 12.1 Å². The fourth-order valence-electron chi connectivity index (χ4n) is 2.19. The van der Waals surface area contributed by atoms with Crippen LogP contribution in [-0.4, -0.2) is 24.0 Å². The van der Waals surface area contributed by atoms with E-state index in [1.54, 1.807) is 0 Å². The van der Waals surface area contributed by atoms with Crippen LogP contribution in [0.25, 0.3) is 0 Å². The summed E-state index contributed by atoms with van der Waals surface area (Å²) in [7, 11) is 0. The van der Waals surface area contributed by atoms with Crippen LogP contribution in [0.1, 0.15) is 25.3 Å². The zero-order valence-electron chi connectivity index (χ0n) is 8.87. The number of hydrogen-bond acceptors (Lipinski definition) is 1. The number of nitrogens with zero attached hydrogens (tertiary/aromatic N) is 1. The minimum atomic E-state index is 0.797. The first-order valence-electron chi connectivity index (χ1n) is 5.55. The molecule has 0 aromatic heterocycles. The van der Waals surface area contributed by atoms with Gasteiger partial charge >= 0.3 is 0 Å². The standard InChI is InChI=1S/C13H18N/c1-12-6-5-10-14(12)11-9-13-7-3-2-4-8-13/h3-4,7-8,12H,5-6,9-11H2,1H3/t12-/m1/s1. The monoisotopic (exact) mass is 188 g/mol. The van der Waals surface area contributed by atoms with E-state index in [0.29, 0.717) is 0 Å². The summed E-state index contributed by atoms with van der Waals surface area (Å²) in [4.78, 5) is 2.59. The third-order valence-electron chi connectivity index (χ3n) is 3.17. The summed E-state index contributed by atoms with van der Waals surface area (Å²) in [5, 5.41) is 0. The Morgan fingerprint density at radius 3 is 2.86 bits per heavy atom. The fraction of sp³-hybridized carbons (Fsp3) is 0.538. The van der Waals surface area contributed by atoms with Gasteiger partial charge in [0.15, 0.2) is 0 Å². The maximum Gasteiger partial charge on any atom is 0.00675 e. The van der Waals surface area contributed by atoms with Crippen molar-refractivity contribution in [1.82, 2.24) is 4.90 Å². The van der Waals surface area contributed by atoms with Crippen molar-refractivity contribution in [2.75, 3.05) is 13.1 Å². The van der Waals surface area contributed by atoms with Gasteiger partial charge in [0.1, 0.15) is 0 Å². The molecule has 1 aliphatic heterocycles. The van der Waals surface area contributed by atoms with Gasteiger partial charge in [-0.1, -0.05) is 24.3 Å². The molecule has 0 spiro atoms. The van der Waals surface area contributed by atoms with E-state index in [-0.39, 0.29) is 0 Å². The Hall–Kier alpha value is -0.820. The van der Waals surface area contributed by atoms with Gasteiger partial charge in [0.05, 0.1) is 0 Å². The van der Waals surface area contributed by atoms with E-state index in [0.717, 1.165) is 6.04 Å². The highest BCUT2D eigenvalue weighted by Gasteiger charge is 2.18. The van der Waals surface area contributed by atoms with Crippen LogP contribution in [0.2, 0.25) is 0 Å². The first-order valence-corrected chi connectivity index (χ1v) is 5.55. The van der Waals surface area contributed by atoms with Crippen molar-refractivity contribution >= 4 is 0 Å².